The van der Waals surface area contributed by atoms with Crippen LogP contribution in [0.5, 0.6) is 0 Å². The predicted octanol–water partition coefficient (Wildman–Crippen LogP) is 3.76. The molecule has 7 nitrogen and oxygen atoms in total. The van der Waals surface area contributed by atoms with E-state index >= 15 is 0 Å². The van der Waals surface area contributed by atoms with E-state index in [-0.39, 0.29) is 18.2 Å². The number of fused-ring (bicyclic) bond motifs is 1. The van der Waals surface area contributed by atoms with Crippen molar-refractivity contribution in [2.24, 2.45) is 7.05 Å². The second-order valence-electron chi connectivity index (χ2n) is 8.72. The lowest BCUT2D eigenvalue weighted by atomic mass is 9.79. The fourth-order valence-corrected chi connectivity index (χ4v) is 4.63. The second kappa shape index (κ2) is 9.98. The molecule has 1 fully saturated rings. The zero-order valence-corrected chi connectivity index (χ0v) is 18.4. The van der Waals surface area contributed by atoms with Crippen LogP contribution in [0.25, 0.3) is 10.9 Å². The fourth-order valence-electron chi connectivity index (χ4n) is 4.63. The van der Waals surface area contributed by atoms with Gasteiger partial charge in [-0.3, -0.25) is 14.4 Å². The standard InChI is InChI=1S/C24H33N3O4/c1-3-4-11-18(22(30)26-24(16-21(28)29)13-8-5-9-14-24)25-23(31)20-15-17-10-6-7-12-19(17)27(20)2/h6-7,10,12,15,18H,3-5,8-9,11,13-14,16H2,1-2H3,(H,25,31)(H,26,30)(H,28,29)/t18-/m0/s1. The number of benzene rings is 1. The molecule has 3 rings (SSSR count). The number of aryl methyl sites for hydroxylation is 1. The Morgan fingerprint density at radius 1 is 1.16 bits per heavy atom. The number of hydrogen-bond acceptors (Lipinski definition) is 3. The maximum atomic E-state index is 13.2. The minimum atomic E-state index is -0.910. The molecule has 0 spiro atoms. The molecule has 2 aromatic rings. The van der Waals surface area contributed by atoms with E-state index in [0.29, 0.717) is 25.0 Å². The number of carbonyl (C=O) groups excluding carboxylic acids is 2. The van der Waals surface area contributed by atoms with E-state index in [4.69, 9.17) is 0 Å². The van der Waals surface area contributed by atoms with Gasteiger partial charge in [0.25, 0.3) is 5.91 Å². The Hall–Kier alpha value is -2.83. The maximum absolute atomic E-state index is 13.2. The van der Waals surface area contributed by atoms with Gasteiger partial charge < -0.3 is 20.3 Å². The SMILES string of the molecule is CCCC[C@H](NC(=O)c1cc2ccccc2n1C)C(=O)NC1(CC(=O)O)CCCCC1. The van der Waals surface area contributed by atoms with E-state index in [1.54, 1.807) is 0 Å². The normalized spacial score (nSPS) is 16.6. The van der Waals surface area contributed by atoms with Crippen molar-refractivity contribution in [3.05, 3.63) is 36.0 Å². The van der Waals surface area contributed by atoms with Crippen LogP contribution in [0.1, 0.15) is 75.2 Å². The molecule has 1 aliphatic carbocycles. The quantitative estimate of drug-likeness (QED) is 0.567. The van der Waals surface area contributed by atoms with E-state index in [0.717, 1.165) is 43.0 Å². The minimum absolute atomic E-state index is 0.0869. The second-order valence-corrected chi connectivity index (χ2v) is 8.72. The van der Waals surface area contributed by atoms with Crippen LogP contribution in [0.2, 0.25) is 0 Å². The third kappa shape index (κ3) is 5.46. The third-order valence-electron chi connectivity index (χ3n) is 6.34. The van der Waals surface area contributed by atoms with Gasteiger partial charge >= 0.3 is 5.97 Å². The molecule has 0 unspecified atom stereocenters. The first-order valence-corrected chi connectivity index (χ1v) is 11.2. The van der Waals surface area contributed by atoms with Crippen molar-refractivity contribution < 1.29 is 19.5 Å². The van der Waals surface area contributed by atoms with Crippen LogP contribution in [-0.4, -0.2) is 39.0 Å². The summed E-state index contributed by atoms with van der Waals surface area (Å²) in [5.74, 6) is -1.50. The Morgan fingerprint density at radius 2 is 1.87 bits per heavy atom. The van der Waals surface area contributed by atoms with Gasteiger partial charge in [-0.15, -0.1) is 0 Å². The number of aliphatic carboxylic acids is 1. The van der Waals surface area contributed by atoms with Crippen LogP contribution < -0.4 is 10.6 Å². The zero-order valence-electron chi connectivity index (χ0n) is 18.4. The van der Waals surface area contributed by atoms with Crippen LogP contribution in [0.3, 0.4) is 0 Å². The number of carbonyl (C=O) groups is 3. The molecule has 0 saturated heterocycles. The number of carboxylic acid groups (broad SMARTS) is 1. The van der Waals surface area contributed by atoms with E-state index in [2.05, 4.69) is 10.6 Å². The van der Waals surface area contributed by atoms with Crippen LogP contribution in [0, 0.1) is 0 Å². The van der Waals surface area contributed by atoms with Gasteiger partial charge in [0.2, 0.25) is 5.91 Å². The fraction of sp³-hybridized carbons (Fsp3) is 0.542. The number of amides is 2. The van der Waals surface area contributed by atoms with Gasteiger partial charge in [-0.2, -0.15) is 0 Å². The number of hydrogen-bond donors (Lipinski definition) is 3. The van der Waals surface area contributed by atoms with E-state index < -0.39 is 17.6 Å². The van der Waals surface area contributed by atoms with Crippen LogP contribution in [0.4, 0.5) is 0 Å². The Morgan fingerprint density at radius 3 is 2.52 bits per heavy atom. The molecule has 0 radical (unpaired) electrons. The molecule has 1 aliphatic rings. The summed E-state index contributed by atoms with van der Waals surface area (Å²) in [5, 5.41) is 16.3. The number of unbranched alkanes of at least 4 members (excludes halogenated alkanes) is 1. The van der Waals surface area contributed by atoms with Gasteiger partial charge in [-0.1, -0.05) is 57.2 Å². The van der Waals surface area contributed by atoms with Crippen molar-refractivity contribution in [1.82, 2.24) is 15.2 Å². The van der Waals surface area contributed by atoms with Crippen LogP contribution in [-0.2, 0) is 16.6 Å². The predicted molar refractivity (Wildman–Crippen MR) is 120 cm³/mol. The number of aromatic nitrogens is 1. The van der Waals surface area contributed by atoms with Gasteiger partial charge in [0, 0.05) is 18.0 Å². The highest BCUT2D eigenvalue weighted by Crippen LogP contribution is 2.31. The molecular weight excluding hydrogens is 394 g/mol. The molecule has 1 atom stereocenters. The lowest BCUT2D eigenvalue weighted by Crippen LogP contribution is -2.57. The highest BCUT2D eigenvalue weighted by molar-refractivity contribution is 6.00. The van der Waals surface area contributed by atoms with E-state index in [1.165, 1.54) is 0 Å². The maximum Gasteiger partial charge on any atom is 0.305 e. The van der Waals surface area contributed by atoms with Gasteiger partial charge in [0.15, 0.2) is 0 Å². The molecule has 3 N–H and O–H groups in total. The van der Waals surface area contributed by atoms with Gasteiger partial charge in [-0.25, -0.2) is 0 Å². The molecular formula is C24H33N3O4. The topological polar surface area (TPSA) is 100 Å². The number of nitrogens with zero attached hydrogens (tertiary/aromatic N) is 1. The number of para-hydroxylation sites is 1. The summed E-state index contributed by atoms with van der Waals surface area (Å²) in [7, 11) is 1.84. The third-order valence-corrected chi connectivity index (χ3v) is 6.34. The lowest BCUT2D eigenvalue weighted by Gasteiger charge is -2.38. The molecule has 1 heterocycles. The summed E-state index contributed by atoms with van der Waals surface area (Å²) < 4.78 is 1.83. The zero-order chi connectivity index (χ0) is 22.4. The summed E-state index contributed by atoms with van der Waals surface area (Å²) in [5.41, 5.74) is 0.717. The molecule has 1 aromatic heterocycles. The summed E-state index contributed by atoms with van der Waals surface area (Å²) in [6.45, 7) is 2.04. The molecule has 1 aromatic carbocycles. The van der Waals surface area contributed by atoms with Gasteiger partial charge in [-0.05, 0) is 31.4 Å². The smallest absolute Gasteiger partial charge is 0.305 e. The van der Waals surface area contributed by atoms with Gasteiger partial charge in [0.05, 0.1) is 12.0 Å². The largest absolute Gasteiger partial charge is 0.481 e. The van der Waals surface area contributed by atoms with Crippen LogP contribution >= 0.6 is 0 Å². The van der Waals surface area contributed by atoms with E-state index in [1.807, 2.05) is 48.9 Å². The van der Waals surface area contributed by atoms with Crippen LogP contribution in [0.15, 0.2) is 30.3 Å². The van der Waals surface area contributed by atoms with Gasteiger partial charge in [0.1, 0.15) is 11.7 Å². The Labute approximate surface area is 183 Å². The van der Waals surface area contributed by atoms with Crippen molar-refractivity contribution in [1.29, 1.82) is 0 Å². The van der Waals surface area contributed by atoms with Crippen molar-refractivity contribution in [3.8, 4) is 0 Å². The molecule has 1 saturated carbocycles. The highest BCUT2D eigenvalue weighted by Gasteiger charge is 2.37. The molecule has 31 heavy (non-hydrogen) atoms. The molecule has 0 bridgehead atoms. The first-order chi connectivity index (χ1) is 14.8. The summed E-state index contributed by atoms with van der Waals surface area (Å²) in [6, 6.07) is 8.88. The minimum Gasteiger partial charge on any atom is -0.481 e. The molecule has 168 valence electrons. The van der Waals surface area contributed by atoms with Crippen molar-refractivity contribution >= 4 is 28.7 Å². The Kier molecular flexibility index (Phi) is 7.36. The van der Waals surface area contributed by atoms with Crippen molar-refractivity contribution in [2.45, 2.75) is 76.3 Å². The Balaban J connectivity index is 1.78. The average Bonchev–Trinajstić information content (AvgIpc) is 3.08. The van der Waals surface area contributed by atoms with Crippen molar-refractivity contribution in [3.63, 3.8) is 0 Å². The number of carboxylic acids is 1. The Bertz CT molecular complexity index is 943. The number of rotatable bonds is 9. The first-order valence-electron chi connectivity index (χ1n) is 11.2. The van der Waals surface area contributed by atoms with E-state index in [9.17, 15) is 19.5 Å². The summed E-state index contributed by atoms with van der Waals surface area (Å²) >= 11 is 0. The number of nitrogens with one attached hydrogen (secondary N) is 2. The highest BCUT2D eigenvalue weighted by atomic mass is 16.4. The first kappa shape index (κ1) is 22.8. The molecule has 2 amide bonds. The molecule has 7 heteroatoms. The average molecular weight is 428 g/mol. The monoisotopic (exact) mass is 427 g/mol. The lowest BCUT2D eigenvalue weighted by molar-refractivity contribution is -0.139. The summed E-state index contributed by atoms with van der Waals surface area (Å²) in [4.78, 5) is 37.7. The summed E-state index contributed by atoms with van der Waals surface area (Å²) in [6.07, 6.45) is 6.27. The molecule has 0 aliphatic heterocycles. The van der Waals surface area contributed by atoms with Crippen molar-refractivity contribution in [2.75, 3.05) is 0 Å².